The highest BCUT2D eigenvalue weighted by Gasteiger charge is 2.18. The molecule has 0 unspecified atom stereocenters. The molecule has 0 saturated carbocycles. The summed E-state index contributed by atoms with van der Waals surface area (Å²) in [4.78, 5) is 0. The van der Waals surface area contributed by atoms with E-state index in [0.29, 0.717) is 6.42 Å². The first-order valence-corrected chi connectivity index (χ1v) is 6.48. The molecule has 0 aliphatic heterocycles. The number of hydrogen-bond acceptors (Lipinski definition) is 2. The Morgan fingerprint density at radius 2 is 1.35 bits per heavy atom. The molecule has 0 aliphatic rings. The zero-order chi connectivity index (χ0) is 14.8. The normalized spacial score (nSPS) is 9.60. The lowest BCUT2D eigenvalue weighted by molar-refractivity contribution is 0.687. The Balaban J connectivity index is 0.000000204. The maximum atomic E-state index is 8.80. The minimum atomic E-state index is -0.360. The molecule has 0 N–H and O–H groups in total. The van der Waals surface area contributed by atoms with Crippen LogP contribution in [0.4, 0.5) is 0 Å². The SMILES string of the molecule is CC(C)(C#N)c1ccccc1.N#CCc1ccccc1. The lowest BCUT2D eigenvalue weighted by Gasteiger charge is -2.14. The molecule has 0 atom stereocenters. The van der Waals surface area contributed by atoms with Crippen LogP contribution in [-0.2, 0) is 11.8 Å². The molecule has 100 valence electrons. The molecule has 20 heavy (non-hydrogen) atoms. The molecule has 0 aromatic heterocycles. The third-order valence-electron chi connectivity index (χ3n) is 2.90. The van der Waals surface area contributed by atoms with Gasteiger partial charge in [0.15, 0.2) is 0 Å². The van der Waals surface area contributed by atoms with Crippen molar-refractivity contribution in [2.24, 2.45) is 0 Å². The number of benzene rings is 2. The van der Waals surface area contributed by atoms with E-state index in [2.05, 4.69) is 12.1 Å². The second-order valence-corrected chi connectivity index (χ2v) is 4.92. The van der Waals surface area contributed by atoms with Crippen molar-refractivity contribution in [3.63, 3.8) is 0 Å². The molecule has 2 aromatic carbocycles. The molecule has 0 amide bonds. The van der Waals surface area contributed by atoms with Gasteiger partial charge in [-0.3, -0.25) is 0 Å². The summed E-state index contributed by atoms with van der Waals surface area (Å²) in [6.07, 6.45) is 0.515. The number of nitrogens with zero attached hydrogens (tertiary/aromatic N) is 2. The first kappa shape index (κ1) is 15.5. The molecule has 0 fully saturated rings. The maximum absolute atomic E-state index is 8.80. The first-order valence-electron chi connectivity index (χ1n) is 6.48. The summed E-state index contributed by atoms with van der Waals surface area (Å²) in [5.41, 5.74) is 1.80. The van der Waals surface area contributed by atoms with E-state index in [4.69, 9.17) is 10.5 Å². The summed E-state index contributed by atoms with van der Waals surface area (Å²) >= 11 is 0. The van der Waals surface area contributed by atoms with Crippen molar-refractivity contribution in [2.75, 3.05) is 0 Å². The van der Waals surface area contributed by atoms with Crippen LogP contribution in [0.5, 0.6) is 0 Å². The van der Waals surface area contributed by atoms with Crippen molar-refractivity contribution in [3.8, 4) is 12.1 Å². The summed E-state index contributed by atoms with van der Waals surface area (Å²) in [5, 5.41) is 17.1. The Labute approximate surface area is 120 Å². The monoisotopic (exact) mass is 262 g/mol. The smallest absolute Gasteiger partial charge is 0.0766 e. The number of rotatable bonds is 2. The lowest BCUT2D eigenvalue weighted by Crippen LogP contribution is -2.13. The molecule has 0 saturated heterocycles. The number of nitriles is 2. The molecular formula is C18H18N2. The van der Waals surface area contributed by atoms with Gasteiger partial charge < -0.3 is 0 Å². The van der Waals surface area contributed by atoms with E-state index in [1.54, 1.807) is 0 Å². The van der Waals surface area contributed by atoms with E-state index >= 15 is 0 Å². The van der Waals surface area contributed by atoms with Crippen LogP contribution in [-0.4, -0.2) is 0 Å². The summed E-state index contributed by atoms with van der Waals surface area (Å²) in [6, 6.07) is 23.9. The molecule has 0 radical (unpaired) electrons. The molecule has 0 spiro atoms. The standard InChI is InChI=1S/C10H11N.C8H7N/c1-10(2,8-11)9-6-4-3-5-7-9;9-7-6-8-4-2-1-3-5-8/h3-7H,1-2H3;1-5H,6H2. The van der Waals surface area contributed by atoms with Crippen LogP contribution >= 0.6 is 0 Å². The molecule has 2 nitrogen and oxygen atoms in total. The third-order valence-corrected chi connectivity index (χ3v) is 2.90. The molecule has 0 aliphatic carbocycles. The highest BCUT2D eigenvalue weighted by atomic mass is 14.3. The summed E-state index contributed by atoms with van der Waals surface area (Å²) in [6.45, 7) is 3.84. The van der Waals surface area contributed by atoms with Gasteiger partial charge in [-0.2, -0.15) is 10.5 Å². The summed E-state index contributed by atoms with van der Waals surface area (Å²) in [5.74, 6) is 0. The van der Waals surface area contributed by atoms with Crippen molar-refractivity contribution >= 4 is 0 Å². The van der Waals surface area contributed by atoms with Crippen LogP contribution in [0.1, 0.15) is 25.0 Å². The van der Waals surface area contributed by atoms with Gasteiger partial charge in [-0.1, -0.05) is 60.7 Å². The van der Waals surface area contributed by atoms with Crippen molar-refractivity contribution in [1.82, 2.24) is 0 Å². The Morgan fingerprint density at radius 3 is 1.80 bits per heavy atom. The number of hydrogen-bond donors (Lipinski definition) is 0. The molecule has 2 heteroatoms. The van der Waals surface area contributed by atoms with Crippen LogP contribution in [0.15, 0.2) is 60.7 Å². The van der Waals surface area contributed by atoms with Gasteiger partial charge >= 0.3 is 0 Å². The molecule has 0 heterocycles. The Hall–Kier alpha value is -2.58. The van der Waals surface area contributed by atoms with Crippen LogP contribution in [0.3, 0.4) is 0 Å². The van der Waals surface area contributed by atoms with E-state index in [9.17, 15) is 0 Å². The second kappa shape index (κ2) is 7.77. The fourth-order valence-electron chi connectivity index (χ4n) is 1.61. The quantitative estimate of drug-likeness (QED) is 0.812. The average Bonchev–Trinajstić information content (AvgIpc) is 2.50. The van der Waals surface area contributed by atoms with E-state index in [1.165, 1.54) is 0 Å². The fourth-order valence-corrected chi connectivity index (χ4v) is 1.61. The predicted octanol–water partition coefficient (Wildman–Crippen LogP) is 4.24. The Bertz CT molecular complexity index is 587. The summed E-state index contributed by atoms with van der Waals surface area (Å²) in [7, 11) is 0. The molecule has 2 rings (SSSR count). The van der Waals surface area contributed by atoms with E-state index in [1.807, 2.05) is 74.5 Å². The lowest BCUT2D eigenvalue weighted by atomic mass is 9.87. The Kier molecular flexibility index (Phi) is 6.01. The zero-order valence-corrected chi connectivity index (χ0v) is 11.9. The maximum Gasteiger partial charge on any atom is 0.0766 e. The van der Waals surface area contributed by atoms with Crippen LogP contribution < -0.4 is 0 Å². The van der Waals surface area contributed by atoms with Gasteiger partial charge in [0, 0.05) is 0 Å². The summed E-state index contributed by atoms with van der Waals surface area (Å²) < 4.78 is 0. The molecule has 2 aromatic rings. The van der Waals surface area contributed by atoms with Gasteiger partial charge in [0.05, 0.1) is 24.0 Å². The van der Waals surface area contributed by atoms with Gasteiger partial charge in [0.1, 0.15) is 0 Å². The highest BCUT2D eigenvalue weighted by molar-refractivity contribution is 5.29. The minimum Gasteiger partial charge on any atom is -0.198 e. The van der Waals surface area contributed by atoms with Crippen molar-refractivity contribution in [3.05, 3.63) is 71.8 Å². The van der Waals surface area contributed by atoms with Gasteiger partial charge in [0.2, 0.25) is 0 Å². The molecule has 0 bridgehead atoms. The first-order chi connectivity index (χ1) is 9.60. The van der Waals surface area contributed by atoms with E-state index < -0.39 is 0 Å². The predicted molar refractivity (Wildman–Crippen MR) is 80.8 cm³/mol. The van der Waals surface area contributed by atoms with Gasteiger partial charge in [0.25, 0.3) is 0 Å². The van der Waals surface area contributed by atoms with Crippen molar-refractivity contribution in [2.45, 2.75) is 25.7 Å². The molecular weight excluding hydrogens is 244 g/mol. The van der Waals surface area contributed by atoms with Crippen molar-refractivity contribution < 1.29 is 0 Å². The van der Waals surface area contributed by atoms with Crippen molar-refractivity contribution in [1.29, 1.82) is 10.5 Å². The average molecular weight is 262 g/mol. The minimum absolute atomic E-state index is 0.360. The largest absolute Gasteiger partial charge is 0.198 e. The van der Waals surface area contributed by atoms with Gasteiger partial charge in [-0.15, -0.1) is 0 Å². The highest BCUT2D eigenvalue weighted by Crippen LogP contribution is 2.20. The Morgan fingerprint density at radius 1 is 0.850 bits per heavy atom. The fraction of sp³-hybridized carbons (Fsp3) is 0.222. The van der Waals surface area contributed by atoms with E-state index in [-0.39, 0.29) is 5.41 Å². The van der Waals surface area contributed by atoms with Crippen LogP contribution in [0, 0.1) is 22.7 Å². The van der Waals surface area contributed by atoms with Gasteiger partial charge in [-0.05, 0) is 25.0 Å². The van der Waals surface area contributed by atoms with Crippen LogP contribution in [0.2, 0.25) is 0 Å². The van der Waals surface area contributed by atoms with Gasteiger partial charge in [-0.25, -0.2) is 0 Å². The second-order valence-electron chi connectivity index (χ2n) is 4.92. The van der Waals surface area contributed by atoms with E-state index in [0.717, 1.165) is 11.1 Å². The third kappa shape index (κ3) is 4.96. The topological polar surface area (TPSA) is 47.6 Å². The van der Waals surface area contributed by atoms with Crippen LogP contribution in [0.25, 0.3) is 0 Å². The zero-order valence-electron chi connectivity index (χ0n) is 11.9.